The van der Waals surface area contributed by atoms with Gasteiger partial charge in [0.2, 0.25) is 0 Å². The second-order valence-electron chi connectivity index (χ2n) is 4.93. The molecule has 0 radical (unpaired) electrons. The van der Waals surface area contributed by atoms with Crippen LogP contribution in [0.3, 0.4) is 0 Å². The Labute approximate surface area is 109 Å². The molecule has 3 rings (SSSR count). The predicted octanol–water partition coefficient (Wildman–Crippen LogP) is 3.66. The van der Waals surface area contributed by atoms with E-state index in [-0.39, 0.29) is 6.10 Å². The van der Waals surface area contributed by atoms with Crippen molar-refractivity contribution in [2.45, 2.75) is 53.1 Å². The third-order valence-corrected chi connectivity index (χ3v) is 3.73. The molecule has 2 N–H and O–H groups in total. The van der Waals surface area contributed by atoms with Gasteiger partial charge in [-0.2, -0.15) is 0 Å². The van der Waals surface area contributed by atoms with Crippen molar-refractivity contribution < 1.29 is 5.11 Å². The van der Waals surface area contributed by atoms with E-state index in [1.807, 2.05) is 13.8 Å². The van der Waals surface area contributed by atoms with Gasteiger partial charge in [0.15, 0.2) is 0 Å². The van der Waals surface area contributed by atoms with Gasteiger partial charge in [-0.15, -0.1) is 0 Å². The van der Waals surface area contributed by atoms with Gasteiger partial charge >= 0.3 is 0 Å². The number of H-pyrrole nitrogens is 1. The lowest BCUT2D eigenvalue weighted by Gasteiger charge is -2.17. The van der Waals surface area contributed by atoms with Crippen molar-refractivity contribution in [1.82, 2.24) is 4.98 Å². The molecular formula is C16H23NO. The maximum absolute atomic E-state index is 9.78. The van der Waals surface area contributed by atoms with Gasteiger partial charge in [-0.05, 0) is 43.4 Å². The fraction of sp³-hybridized carbons (Fsp3) is 0.500. The lowest BCUT2D eigenvalue weighted by molar-refractivity contribution is 0.158. The maximum atomic E-state index is 9.78. The van der Waals surface area contributed by atoms with Gasteiger partial charge in [0.05, 0.1) is 6.10 Å². The molecule has 1 aromatic heterocycles. The van der Waals surface area contributed by atoms with E-state index in [0.717, 1.165) is 19.3 Å². The third kappa shape index (κ3) is 2.05. The summed E-state index contributed by atoms with van der Waals surface area (Å²) in [7, 11) is 0. The second-order valence-corrected chi connectivity index (χ2v) is 4.93. The lowest BCUT2D eigenvalue weighted by Crippen LogP contribution is -2.17. The van der Waals surface area contributed by atoms with E-state index in [2.05, 4.69) is 31.0 Å². The van der Waals surface area contributed by atoms with Crippen LogP contribution in [-0.4, -0.2) is 16.2 Å². The number of hydrogen-bond donors (Lipinski definition) is 2. The molecule has 98 valence electrons. The van der Waals surface area contributed by atoms with Gasteiger partial charge in [0.25, 0.3) is 0 Å². The molecule has 1 unspecified atom stereocenters. The average Bonchev–Trinajstić information content (AvgIpc) is 2.76. The van der Waals surface area contributed by atoms with Gasteiger partial charge in [-0.25, -0.2) is 0 Å². The quantitative estimate of drug-likeness (QED) is 0.730. The number of aliphatic hydroxyl groups is 1. The molecule has 1 heterocycles. The van der Waals surface area contributed by atoms with Crippen LogP contribution in [0.25, 0.3) is 10.9 Å². The normalized spacial score (nSPS) is 18.2. The molecule has 2 nitrogen and oxygen atoms in total. The first-order valence-corrected chi connectivity index (χ1v) is 6.94. The second kappa shape index (κ2) is 5.15. The van der Waals surface area contributed by atoms with Crippen molar-refractivity contribution in [3.63, 3.8) is 0 Å². The highest BCUT2D eigenvalue weighted by atomic mass is 16.3. The summed E-state index contributed by atoms with van der Waals surface area (Å²) in [6.07, 6.45) is 2.51. The van der Waals surface area contributed by atoms with E-state index < -0.39 is 0 Å². The molecule has 18 heavy (non-hydrogen) atoms. The standard InChI is InChI=1S/C14H17NO.C2H6/c1-8-3-4-9(2)14-13(8)11-7-10(16)5-6-12(11)15-14;1-2/h3-4,10,15-16H,5-7H2,1-2H3;1-2H3. The van der Waals surface area contributed by atoms with Crippen LogP contribution in [0.1, 0.15) is 42.7 Å². The molecule has 0 amide bonds. The molecule has 0 saturated heterocycles. The Bertz CT molecular complexity index is 554. The molecule has 2 heteroatoms. The van der Waals surface area contributed by atoms with E-state index in [1.165, 1.54) is 33.3 Å². The summed E-state index contributed by atoms with van der Waals surface area (Å²) in [5, 5.41) is 11.1. The van der Waals surface area contributed by atoms with Crippen LogP contribution < -0.4 is 0 Å². The molecule has 0 bridgehead atoms. The summed E-state index contributed by atoms with van der Waals surface area (Å²) in [4.78, 5) is 3.53. The van der Waals surface area contributed by atoms with Gasteiger partial charge in [-0.3, -0.25) is 0 Å². The summed E-state index contributed by atoms with van der Waals surface area (Å²) in [6, 6.07) is 4.34. The molecular weight excluding hydrogens is 222 g/mol. The van der Waals surface area contributed by atoms with Crippen molar-refractivity contribution in [2.75, 3.05) is 0 Å². The van der Waals surface area contributed by atoms with Crippen molar-refractivity contribution in [3.8, 4) is 0 Å². The molecule has 0 saturated carbocycles. The van der Waals surface area contributed by atoms with Crippen LogP contribution in [0.2, 0.25) is 0 Å². The monoisotopic (exact) mass is 245 g/mol. The third-order valence-electron chi connectivity index (χ3n) is 3.73. The average molecular weight is 245 g/mol. The summed E-state index contributed by atoms with van der Waals surface area (Å²) < 4.78 is 0. The number of benzene rings is 1. The number of aliphatic hydroxyl groups excluding tert-OH is 1. The molecule has 1 aliphatic rings. The number of aromatic nitrogens is 1. The molecule has 0 fully saturated rings. The first kappa shape index (κ1) is 13.2. The van der Waals surface area contributed by atoms with Crippen LogP contribution in [0, 0.1) is 13.8 Å². The number of rotatable bonds is 0. The molecule has 0 aliphatic heterocycles. The van der Waals surface area contributed by atoms with Crippen LogP contribution >= 0.6 is 0 Å². The zero-order chi connectivity index (χ0) is 13.3. The van der Waals surface area contributed by atoms with Gasteiger partial charge in [0, 0.05) is 23.0 Å². The highest BCUT2D eigenvalue weighted by molar-refractivity contribution is 5.90. The minimum atomic E-state index is -0.161. The largest absolute Gasteiger partial charge is 0.393 e. The van der Waals surface area contributed by atoms with Crippen LogP contribution in [0.4, 0.5) is 0 Å². The first-order valence-electron chi connectivity index (χ1n) is 6.94. The topological polar surface area (TPSA) is 36.0 Å². The zero-order valence-corrected chi connectivity index (χ0v) is 11.8. The Kier molecular flexibility index (Phi) is 3.76. The number of aryl methyl sites for hydroxylation is 3. The summed E-state index contributed by atoms with van der Waals surface area (Å²) in [5.74, 6) is 0. The Morgan fingerprint density at radius 2 is 1.83 bits per heavy atom. The number of nitrogens with one attached hydrogen (secondary N) is 1. The van der Waals surface area contributed by atoms with Gasteiger partial charge in [-0.1, -0.05) is 26.0 Å². The van der Waals surface area contributed by atoms with E-state index in [1.54, 1.807) is 0 Å². The van der Waals surface area contributed by atoms with Gasteiger partial charge < -0.3 is 10.1 Å². The van der Waals surface area contributed by atoms with Gasteiger partial charge in [0.1, 0.15) is 0 Å². The molecule has 0 spiro atoms. The highest BCUT2D eigenvalue weighted by Crippen LogP contribution is 2.32. The minimum absolute atomic E-state index is 0.161. The Morgan fingerprint density at radius 1 is 1.17 bits per heavy atom. The smallest absolute Gasteiger partial charge is 0.0585 e. The molecule has 1 aromatic carbocycles. The molecule has 2 aromatic rings. The summed E-state index contributed by atoms with van der Waals surface area (Å²) in [6.45, 7) is 8.29. The number of aromatic amines is 1. The SMILES string of the molecule is CC.Cc1ccc(C)c2c3c([nH]c12)CCC(O)C3. The van der Waals surface area contributed by atoms with Crippen LogP contribution in [-0.2, 0) is 12.8 Å². The Morgan fingerprint density at radius 3 is 2.56 bits per heavy atom. The summed E-state index contributed by atoms with van der Waals surface area (Å²) >= 11 is 0. The number of fused-ring (bicyclic) bond motifs is 3. The fourth-order valence-electron chi connectivity index (χ4n) is 2.83. The van der Waals surface area contributed by atoms with Crippen molar-refractivity contribution in [1.29, 1.82) is 0 Å². The Balaban J connectivity index is 0.000000574. The van der Waals surface area contributed by atoms with Crippen LogP contribution in [0.15, 0.2) is 12.1 Å². The summed E-state index contributed by atoms with van der Waals surface area (Å²) in [5.41, 5.74) is 6.54. The highest BCUT2D eigenvalue weighted by Gasteiger charge is 2.22. The van der Waals surface area contributed by atoms with Crippen molar-refractivity contribution in [2.24, 2.45) is 0 Å². The lowest BCUT2D eigenvalue weighted by atomic mass is 9.91. The fourth-order valence-corrected chi connectivity index (χ4v) is 2.83. The van der Waals surface area contributed by atoms with E-state index in [0.29, 0.717) is 0 Å². The molecule has 1 atom stereocenters. The van der Waals surface area contributed by atoms with E-state index >= 15 is 0 Å². The van der Waals surface area contributed by atoms with Crippen molar-refractivity contribution in [3.05, 3.63) is 34.5 Å². The van der Waals surface area contributed by atoms with E-state index in [4.69, 9.17) is 0 Å². The number of hydrogen-bond acceptors (Lipinski definition) is 1. The molecule has 1 aliphatic carbocycles. The first-order chi connectivity index (χ1) is 8.66. The predicted molar refractivity (Wildman–Crippen MR) is 77.2 cm³/mol. The zero-order valence-electron chi connectivity index (χ0n) is 11.8. The van der Waals surface area contributed by atoms with Crippen molar-refractivity contribution >= 4 is 10.9 Å². The Hall–Kier alpha value is -1.28. The van der Waals surface area contributed by atoms with Crippen LogP contribution in [0.5, 0.6) is 0 Å². The maximum Gasteiger partial charge on any atom is 0.0585 e. The van der Waals surface area contributed by atoms with E-state index in [9.17, 15) is 5.11 Å². The minimum Gasteiger partial charge on any atom is -0.393 e.